The molecule has 3 rings (SSSR count). The van der Waals surface area contributed by atoms with Crippen LogP contribution in [0, 0.1) is 11.3 Å². The summed E-state index contributed by atoms with van der Waals surface area (Å²) in [7, 11) is 0. The molecule has 1 aromatic heterocycles. The molecule has 3 aromatic rings. The number of hydrogen-bond acceptors (Lipinski definition) is 9. The fraction of sp³-hybridized carbons (Fsp3) is 0.120. The summed E-state index contributed by atoms with van der Waals surface area (Å²) in [6, 6.07) is 18.7. The number of carbonyl (C=O) groups excluding carboxylic acids is 3. The Morgan fingerprint density at radius 1 is 1.06 bits per heavy atom. The molecule has 172 valence electrons. The second-order valence-electron chi connectivity index (χ2n) is 6.84. The number of esters is 1. The maximum Gasteiger partial charge on any atom is 0.351 e. The van der Waals surface area contributed by atoms with Crippen molar-refractivity contribution in [1.29, 1.82) is 5.26 Å². The highest BCUT2D eigenvalue weighted by Crippen LogP contribution is 2.45. The summed E-state index contributed by atoms with van der Waals surface area (Å²) >= 11 is 2.00. The summed E-state index contributed by atoms with van der Waals surface area (Å²) in [4.78, 5) is 37.9. The molecule has 34 heavy (non-hydrogen) atoms. The van der Waals surface area contributed by atoms with Gasteiger partial charge >= 0.3 is 5.97 Å². The minimum Gasteiger partial charge on any atom is -0.506 e. The van der Waals surface area contributed by atoms with Crippen LogP contribution < -0.4 is 5.73 Å². The van der Waals surface area contributed by atoms with Crippen LogP contribution in [0.1, 0.15) is 38.1 Å². The molecule has 7 nitrogen and oxygen atoms in total. The molecule has 0 bridgehead atoms. The summed E-state index contributed by atoms with van der Waals surface area (Å²) in [6.07, 6.45) is 0. The molecule has 0 aliphatic carbocycles. The smallest absolute Gasteiger partial charge is 0.351 e. The number of thioether (sulfide) groups is 1. The van der Waals surface area contributed by atoms with Crippen LogP contribution in [0.5, 0.6) is 5.75 Å². The predicted molar refractivity (Wildman–Crippen MR) is 131 cm³/mol. The maximum atomic E-state index is 13.1. The van der Waals surface area contributed by atoms with E-state index in [2.05, 4.69) is 0 Å². The molecular formula is C25H20N2O5S2. The van der Waals surface area contributed by atoms with Gasteiger partial charge in [0, 0.05) is 11.1 Å². The van der Waals surface area contributed by atoms with Crippen molar-refractivity contribution in [3.8, 4) is 11.8 Å². The zero-order valence-electron chi connectivity index (χ0n) is 18.1. The van der Waals surface area contributed by atoms with Crippen molar-refractivity contribution in [2.45, 2.75) is 11.1 Å². The van der Waals surface area contributed by atoms with Crippen LogP contribution in [0.4, 0.5) is 0 Å². The summed E-state index contributed by atoms with van der Waals surface area (Å²) in [5.74, 6) is -2.03. The molecule has 0 aliphatic heterocycles. The third kappa shape index (κ3) is 5.36. The van der Waals surface area contributed by atoms with Gasteiger partial charge in [0.05, 0.1) is 27.8 Å². The zero-order valence-corrected chi connectivity index (χ0v) is 19.7. The number of nitrogens with two attached hydrogens (primary N) is 1. The van der Waals surface area contributed by atoms with Gasteiger partial charge in [0.25, 0.3) is 0 Å². The number of hydrogen-bond donors (Lipinski definition) is 2. The lowest BCUT2D eigenvalue weighted by Crippen LogP contribution is -2.13. The van der Waals surface area contributed by atoms with Gasteiger partial charge < -0.3 is 15.6 Å². The van der Waals surface area contributed by atoms with Crippen LogP contribution in [0.3, 0.4) is 0 Å². The van der Waals surface area contributed by atoms with Crippen molar-refractivity contribution in [3.63, 3.8) is 0 Å². The fourth-order valence-electron chi connectivity index (χ4n) is 3.00. The van der Waals surface area contributed by atoms with Gasteiger partial charge in [-0.25, -0.2) is 4.79 Å². The van der Waals surface area contributed by atoms with Crippen molar-refractivity contribution in [1.82, 2.24) is 0 Å². The number of rotatable bonds is 9. The van der Waals surface area contributed by atoms with Crippen molar-refractivity contribution in [2.75, 3.05) is 12.4 Å². The second kappa shape index (κ2) is 11.3. The highest BCUT2D eigenvalue weighted by molar-refractivity contribution is 8.01. The molecule has 0 spiro atoms. The van der Waals surface area contributed by atoms with E-state index in [-0.39, 0.29) is 34.3 Å². The SMILES string of the molecule is CCOC(=O)/C(C#N)=C(/N)c1c(SCC(=O)c2ccccc2)sc(C(=O)c2ccccc2)c1O. The Balaban J connectivity index is 2.07. The number of Topliss-reactive ketones (excluding diaryl/α,β-unsaturated/α-hetero) is 1. The minimum atomic E-state index is -0.944. The molecule has 0 fully saturated rings. The van der Waals surface area contributed by atoms with E-state index in [9.17, 15) is 24.8 Å². The molecule has 2 aromatic carbocycles. The van der Waals surface area contributed by atoms with E-state index in [0.717, 1.165) is 23.1 Å². The number of ether oxygens (including phenoxy) is 1. The number of ketones is 2. The van der Waals surface area contributed by atoms with Gasteiger partial charge in [0.2, 0.25) is 5.78 Å². The Morgan fingerprint density at radius 3 is 2.21 bits per heavy atom. The zero-order chi connectivity index (χ0) is 24.7. The van der Waals surface area contributed by atoms with E-state index in [1.54, 1.807) is 73.7 Å². The number of thiophene rings is 1. The molecule has 0 amide bonds. The van der Waals surface area contributed by atoms with Crippen LogP contribution in [-0.2, 0) is 9.53 Å². The van der Waals surface area contributed by atoms with E-state index in [0.29, 0.717) is 15.3 Å². The first-order chi connectivity index (χ1) is 16.4. The molecule has 0 unspecified atom stereocenters. The predicted octanol–water partition coefficient (Wildman–Crippen LogP) is 4.42. The average molecular weight is 493 g/mol. The molecule has 0 saturated carbocycles. The topological polar surface area (TPSA) is 130 Å². The third-order valence-corrected chi connectivity index (χ3v) is 7.10. The van der Waals surface area contributed by atoms with Crippen LogP contribution in [0.15, 0.2) is 70.4 Å². The van der Waals surface area contributed by atoms with Gasteiger partial charge in [0.1, 0.15) is 16.7 Å². The molecule has 3 N–H and O–H groups in total. The highest BCUT2D eigenvalue weighted by Gasteiger charge is 2.29. The Hall–Kier alpha value is -3.87. The van der Waals surface area contributed by atoms with E-state index < -0.39 is 23.1 Å². The lowest BCUT2D eigenvalue weighted by Gasteiger charge is -2.08. The number of nitrogens with zero attached hydrogens (tertiary/aromatic N) is 1. The molecular weight excluding hydrogens is 472 g/mol. The number of benzene rings is 2. The van der Waals surface area contributed by atoms with Crippen LogP contribution in [0.25, 0.3) is 5.70 Å². The Morgan fingerprint density at radius 2 is 1.65 bits per heavy atom. The van der Waals surface area contributed by atoms with Crippen LogP contribution >= 0.6 is 23.1 Å². The highest BCUT2D eigenvalue weighted by atomic mass is 32.2. The summed E-state index contributed by atoms with van der Waals surface area (Å²) in [6.45, 7) is 1.61. The lowest BCUT2D eigenvalue weighted by atomic mass is 10.1. The largest absolute Gasteiger partial charge is 0.506 e. The first-order valence-electron chi connectivity index (χ1n) is 10.1. The number of aromatic hydroxyl groups is 1. The van der Waals surface area contributed by atoms with E-state index >= 15 is 0 Å². The van der Waals surface area contributed by atoms with Crippen molar-refractivity contribution in [2.24, 2.45) is 5.73 Å². The minimum absolute atomic E-state index is 0.00942. The van der Waals surface area contributed by atoms with Crippen molar-refractivity contribution in [3.05, 3.63) is 87.8 Å². The summed E-state index contributed by atoms with van der Waals surface area (Å²) < 4.78 is 5.22. The van der Waals surface area contributed by atoms with Gasteiger partial charge in [-0.3, -0.25) is 9.59 Å². The Bertz CT molecular complexity index is 1290. The van der Waals surface area contributed by atoms with E-state index in [1.807, 2.05) is 0 Å². The van der Waals surface area contributed by atoms with E-state index in [1.165, 1.54) is 0 Å². The second-order valence-corrected chi connectivity index (χ2v) is 9.10. The molecule has 0 saturated heterocycles. The first kappa shape index (κ1) is 24.8. The number of nitriles is 1. The van der Waals surface area contributed by atoms with Gasteiger partial charge in [-0.2, -0.15) is 5.26 Å². The third-order valence-electron chi connectivity index (χ3n) is 4.65. The quantitative estimate of drug-likeness (QED) is 0.148. The van der Waals surface area contributed by atoms with Gasteiger partial charge in [0.15, 0.2) is 11.4 Å². The van der Waals surface area contributed by atoms with Crippen molar-refractivity contribution >= 4 is 46.3 Å². The van der Waals surface area contributed by atoms with Gasteiger partial charge in [-0.15, -0.1) is 23.1 Å². The number of carbonyl (C=O) groups is 3. The van der Waals surface area contributed by atoms with Gasteiger partial charge in [-0.05, 0) is 6.92 Å². The maximum absolute atomic E-state index is 13.1. The molecule has 9 heteroatoms. The molecule has 0 aliphatic rings. The lowest BCUT2D eigenvalue weighted by molar-refractivity contribution is -0.137. The molecule has 0 radical (unpaired) electrons. The van der Waals surface area contributed by atoms with Crippen LogP contribution in [-0.4, -0.2) is 35.0 Å². The average Bonchev–Trinajstić information content (AvgIpc) is 3.19. The molecule has 1 heterocycles. The standard InChI is InChI=1S/C25H20N2O5S2/c1-2-32-24(31)17(13-26)20(27)19-22(30)23(21(29)16-11-7-4-8-12-16)34-25(19)33-14-18(28)15-9-5-3-6-10-15/h3-12,30H,2,14,27H2,1H3/b20-17+. The molecule has 0 atom stereocenters. The summed E-state index contributed by atoms with van der Waals surface area (Å²) in [5.41, 5.74) is 6.13. The fourth-order valence-corrected chi connectivity index (χ4v) is 5.34. The van der Waals surface area contributed by atoms with Crippen LogP contribution in [0.2, 0.25) is 0 Å². The Labute approximate surface area is 204 Å². The first-order valence-corrected chi connectivity index (χ1v) is 11.9. The van der Waals surface area contributed by atoms with Gasteiger partial charge in [-0.1, -0.05) is 60.7 Å². The normalized spacial score (nSPS) is 11.3. The van der Waals surface area contributed by atoms with Crippen molar-refractivity contribution < 1.29 is 24.2 Å². The summed E-state index contributed by atoms with van der Waals surface area (Å²) in [5, 5.41) is 20.5. The van der Waals surface area contributed by atoms with E-state index in [4.69, 9.17) is 10.5 Å². The Kier molecular flexibility index (Phi) is 8.24. The monoisotopic (exact) mass is 492 g/mol.